The fourth-order valence-electron chi connectivity index (χ4n) is 3.31. The lowest BCUT2D eigenvalue weighted by Gasteiger charge is -2.15. The fourth-order valence-corrected chi connectivity index (χ4v) is 4.45. The van der Waals surface area contributed by atoms with Crippen molar-refractivity contribution in [3.8, 4) is 11.5 Å². The number of aryl methyl sites for hydroxylation is 1. The lowest BCUT2D eigenvalue weighted by Crippen LogP contribution is -2.06. The normalized spacial score (nSPS) is 14.2. The van der Waals surface area contributed by atoms with E-state index in [2.05, 4.69) is 62.3 Å². The van der Waals surface area contributed by atoms with Crippen LogP contribution in [0.15, 0.2) is 71.4 Å². The zero-order valence-electron chi connectivity index (χ0n) is 18.1. The Labute approximate surface area is 220 Å². The number of esters is 1. The largest absolute Gasteiger partial charge is 0.490 e. The predicted molar refractivity (Wildman–Crippen MR) is 146 cm³/mol. The van der Waals surface area contributed by atoms with Gasteiger partial charge in [0.15, 0.2) is 17.2 Å². The maximum atomic E-state index is 12.5. The Morgan fingerprint density at radius 1 is 1.03 bits per heavy atom. The first-order chi connectivity index (χ1) is 15.9. The SMILES string of the molecule is CCOc1cc(/C=C2\N=C(c3ccccc3C)OC2=O)cc(I)c1OCc1ccc(I)cc1. The smallest absolute Gasteiger partial charge is 0.363 e. The summed E-state index contributed by atoms with van der Waals surface area (Å²) in [5, 5.41) is 0. The van der Waals surface area contributed by atoms with Gasteiger partial charge >= 0.3 is 5.97 Å². The molecule has 1 aliphatic rings. The van der Waals surface area contributed by atoms with Gasteiger partial charge in [0.25, 0.3) is 0 Å². The molecular weight excluding hydrogens is 644 g/mol. The second-order valence-electron chi connectivity index (χ2n) is 7.33. The molecule has 3 aromatic rings. The molecule has 3 aromatic carbocycles. The third-order valence-corrected chi connectivity index (χ3v) is 6.45. The molecule has 168 valence electrons. The highest BCUT2D eigenvalue weighted by atomic mass is 127. The topological polar surface area (TPSA) is 57.1 Å². The molecule has 1 heterocycles. The molecule has 0 aromatic heterocycles. The average molecular weight is 665 g/mol. The molecule has 0 atom stereocenters. The third kappa shape index (κ3) is 5.75. The van der Waals surface area contributed by atoms with Crippen molar-refractivity contribution in [3.05, 3.63) is 95.8 Å². The summed E-state index contributed by atoms with van der Waals surface area (Å²) in [7, 11) is 0. The van der Waals surface area contributed by atoms with Crippen LogP contribution in [-0.2, 0) is 16.1 Å². The number of carbonyl (C=O) groups excluding carboxylic acids is 1. The number of aliphatic imine (C=N–C) groups is 1. The minimum absolute atomic E-state index is 0.249. The van der Waals surface area contributed by atoms with Gasteiger partial charge in [0.05, 0.1) is 10.2 Å². The molecule has 7 heteroatoms. The Morgan fingerprint density at radius 3 is 2.52 bits per heavy atom. The van der Waals surface area contributed by atoms with Crippen LogP contribution in [0.1, 0.15) is 29.2 Å². The molecule has 0 saturated heterocycles. The number of ether oxygens (including phenoxy) is 3. The molecule has 0 bridgehead atoms. The van der Waals surface area contributed by atoms with Gasteiger partial charge in [-0.25, -0.2) is 9.79 Å². The lowest BCUT2D eigenvalue weighted by molar-refractivity contribution is -0.129. The number of cyclic esters (lactones) is 1. The predicted octanol–water partition coefficient (Wildman–Crippen LogP) is 6.53. The maximum Gasteiger partial charge on any atom is 0.363 e. The summed E-state index contributed by atoms with van der Waals surface area (Å²) in [6, 6.07) is 19.7. The van der Waals surface area contributed by atoms with Crippen molar-refractivity contribution in [2.75, 3.05) is 6.61 Å². The van der Waals surface area contributed by atoms with Gasteiger partial charge in [0.2, 0.25) is 5.90 Å². The number of carbonyl (C=O) groups is 1. The zero-order chi connectivity index (χ0) is 23.4. The highest BCUT2D eigenvalue weighted by Crippen LogP contribution is 2.36. The van der Waals surface area contributed by atoms with Gasteiger partial charge in [-0.1, -0.05) is 30.3 Å². The minimum atomic E-state index is -0.472. The van der Waals surface area contributed by atoms with Crippen LogP contribution >= 0.6 is 45.2 Å². The summed E-state index contributed by atoms with van der Waals surface area (Å²) < 4.78 is 19.4. The highest BCUT2D eigenvalue weighted by molar-refractivity contribution is 14.1. The Balaban J connectivity index is 1.61. The molecule has 1 aliphatic heterocycles. The van der Waals surface area contributed by atoms with Crippen molar-refractivity contribution in [2.45, 2.75) is 20.5 Å². The summed E-state index contributed by atoms with van der Waals surface area (Å²) in [6.45, 7) is 4.81. The van der Waals surface area contributed by atoms with Crippen molar-refractivity contribution < 1.29 is 19.0 Å². The van der Waals surface area contributed by atoms with Gasteiger partial charge in [0.1, 0.15) is 6.61 Å². The van der Waals surface area contributed by atoms with Gasteiger partial charge in [-0.15, -0.1) is 0 Å². The number of benzene rings is 3. The molecule has 4 rings (SSSR count). The van der Waals surface area contributed by atoms with E-state index in [-0.39, 0.29) is 5.70 Å². The summed E-state index contributed by atoms with van der Waals surface area (Å²) in [4.78, 5) is 16.9. The van der Waals surface area contributed by atoms with E-state index in [1.165, 1.54) is 3.57 Å². The lowest BCUT2D eigenvalue weighted by atomic mass is 10.1. The van der Waals surface area contributed by atoms with Gasteiger partial charge in [-0.2, -0.15) is 0 Å². The average Bonchev–Trinajstić information content (AvgIpc) is 3.15. The molecule has 0 amide bonds. The molecule has 33 heavy (non-hydrogen) atoms. The number of hydrogen-bond acceptors (Lipinski definition) is 5. The van der Waals surface area contributed by atoms with E-state index in [1.54, 1.807) is 6.08 Å². The van der Waals surface area contributed by atoms with Crippen molar-refractivity contribution in [1.82, 2.24) is 0 Å². The zero-order valence-corrected chi connectivity index (χ0v) is 22.4. The summed E-state index contributed by atoms with van der Waals surface area (Å²) in [6.07, 6.45) is 1.71. The highest BCUT2D eigenvalue weighted by Gasteiger charge is 2.25. The number of hydrogen-bond donors (Lipinski definition) is 0. The summed E-state index contributed by atoms with van der Waals surface area (Å²) >= 11 is 4.50. The number of halogens is 2. The minimum Gasteiger partial charge on any atom is -0.490 e. The van der Waals surface area contributed by atoms with E-state index >= 15 is 0 Å². The Kier molecular flexibility index (Phi) is 7.69. The molecule has 0 unspecified atom stereocenters. The van der Waals surface area contributed by atoms with Crippen molar-refractivity contribution in [3.63, 3.8) is 0 Å². The van der Waals surface area contributed by atoms with Crippen LogP contribution in [0.5, 0.6) is 11.5 Å². The Morgan fingerprint density at radius 2 is 1.79 bits per heavy atom. The van der Waals surface area contributed by atoms with E-state index in [1.807, 2.05) is 62.4 Å². The van der Waals surface area contributed by atoms with Gasteiger partial charge in [-0.3, -0.25) is 0 Å². The monoisotopic (exact) mass is 665 g/mol. The van der Waals surface area contributed by atoms with Crippen LogP contribution in [0.4, 0.5) is 0 Å². The van der Waals surface area contributed by atoms with E-state index in [4.69, 9.17) is 14.2 Å². The number of nitrogens with zero attached hydrogens (tertiary/aromatic N) is 1. The molecule has 0 fully saturated rings. The van der Waals surface area contributed by atoms with E-state index < -0.39 is 5.97 Å². The Bertz CT molecular complexity index is 1250. The van der Waals surface area contributed by atoms with Gasteiger partial charge in [-0.05, 0) is 112 Å². The molecule has 0 spiro atoms. The standard InChI is InChI=1S/C26H21I2NO4/c1-3-31-23-14-18(12-21(28)24(23)32-15-17-8-10-19(27)11-9-17)13-22-26(30)33-25(29-22)20-7-5-4-6-16(20)2/h4-14H,3,15H2,1-2H3/b22-13-. The van der Waals surface area contributed by atoms with Crippen LogP contribution in [0.25, 0.3) is 6.08 Å². The van der Waals surface area contributed by atoms with Gasteiger partial charge in [0, 0.05) is 9.13 Å². The Hall–Kier alpha value is -2.40. The second kappa shape index (κ2) is 10.7. The molecule has 0 saturated carbocycles. The van der Waals surface area contributed by atoms with E-state index in [0.717, 1.165) is 25.8 Å². The molecule has 5 nitrogen and oxygen atoms in total. The van der Waals surface area contributed by atoms with Crippen LogP contribution in [0, 0.1) is 14.1 Å². The fraction of sp³-hybridized carbons (Fsp3) is 0.154. The first kappa shape index (κ1) is 23.7. The van der Waals surface area contributed by atoms with Crippen LogP contribution in [0.3, 0.4) is 0 Å². The van der Waals surface area contributed by atoms with Crippen molar-refractivity contribution in [1.29, 1.82) is 0 Å². The third-order valence-electron chi connectivity index (χ3n) is 4.93. The van der Waals surface area contributed by atoms with Crippen molar-refractivity contribution in [2.24, 2.45) is 4.99 Å². The molecule has 0 N–H and O–H groups in total. The molecular formula is C26H21I2NO4. The molecule has 0 aliphatic carbocycles. The number of rotatable bonds is 7. The molecule has 0 radical (unpaired) electrons. The van der Waals surface area contributed by atoms with Crippen molar-refractivity contribution >= 4 is 63.1 Å². The summed E-state index contributed by atoms with van der Waals surface area (Å²) in [5.41, 5.74) is 3.91. The quantitative estimate of drug-likeness (QED) is 0.164. The first-order valence-corrected chi connectivity index (χ1v) is 12.5. The maximum absolute atomic E-state index is 12.5. The van der Waals surface area contributed by atoms with Crippen LogP contribution in [-0.4, -0.2) is 18.5 Å². The summed E-state index contributed by atoms with van der Waals surface area (Å²) in [5.74, 6) is 1.15. The van der Waals surface area contributed by atoms with Crippen LogP contribution < -0.4 is 9.47 Å². The van der Waals surface area contributed by atoms with Crippen LogP contribution in [0.2, 0.25) is 0 Å². The van der Waals surface area contributed by atoms with Gasteiger partial charge < -0.3 is 14.2 Å². The second-order valence-corrected chi connectivity index (χ2v) is 9.74. The first-order valence-electron chi connectivity index (χ1n) is 10.4. The van der Waals surface area contributed by atoms with E-state index in [0.29, 0.717) is 30.6 Å². The van der Waals surface area contributed by atoms with E-state index in [9.17, 15) is 4.79 Å².